The van der Waals surface area contributed by atoms with Gasteiger partial charge in [0.15, 0.2) is 0 Å². The number of aliphatic hydroxyl groups excluding tert-OH is 4. The number of alkyl halides is 1. The van der Waals surface area contributed by atoms with Crippen LogP contribution in [0, 0.1) is 41.4 Å². The summed E-state index contributed by atoms with van der Waals surface area (Å²) in [5.41, 5.74) is 3.11. The minimum absolute atomic E-state index is 0.0541. The molecular formula is C77H114FNO20. The Labute approximate surface area is 586 Å². The van der Waals surface area contributed by atoms with E-state index in [-0.39, 0.29) is 98.3 Å². The van der Waals surface area contributed by atoms with Crippen molar-refractivity contribution >= 4 is 47.3 Å². The molecular weight excluding hydrogens is 1280 g/mol. The highest BCUT2D eigenvalue weighted by atomic mass is 19.1. The number of rotatable bonds is 12. The quantitative estimate of drug-likeness (QED) is 0.0525. The highest BCUT2D eigenvalue weighted by Crippen LogP contribution is 2.29. The number of carbonyl (C=O) groups is 8. The minimum atomic E-state index is -1.35. The van der Waals surface area contributed by atoms with Gasteiger partial charge in [-0.2, -0.15) is 0 Å². The van der Waals surface area contributed by atoms with Gasteiger partial charge in [0.1, 0.15) is 67.6 Å². The van der Waals surface area contributed by atoms with Crippen molar-refractivity contribution in [2.75, 3.05) is 41.7 Å². The number of halogens is 1. The number of aliphatic hydroxyl groups is 4. The normalized spacial score (nSPS) is 33.9. The van der Waals surface area contributed by atoms with E-state index in [2.05, 4.69) is 5.32 Å². The first kappa shape index (κ1) is 88.2. The molecule has 0 saturated carbocycles. The van der Waals surface area contributed by atoms with Crippen LogP contribution in [0.4, 0.5) is 4.39 Å². The summed E-state index contributed by atoms with van der Waals surface area (Å²) in [7, 11) is 6.17. The maximum atomic E-state index is 15.1. The van der Waals surface area contributed by atoms with Crippen LogP contribution in [0.15, 0.2) is 132 Å². The number of imide groups is 1. The molecule has 0 radical (unpaired) electrons. The summed E-state index contributed by atoms with van der Waals surface area (Å²) < 4.78 is 57.7. The van der Waals surface area contributed by atoms with Crippen molar-refractivity contribution in [3.8, 4) is 0 Å². The fourth-order valence-corrected chi connectivity index (χ4v) is 11.4. The lowest BCUT2D eigenvalue weighted by Gasteiger charge is -2.27. The summed E-state index contributed by atoms with van der Waals surface area (Å²) >= 11 is 0. The van der Waals surface area contributed by atoms with Crippen molar-refractivity contribution < 1.29 is 101 Å². The topological polar surface area (TPSA) is 303 Å². The summed E-state index contributed by atoms with van der Waals surface area (Å²) in [6.45, 7) is 20.0. The Balaban J connectivity index is 0.000000467. The Bertz CT molecular complexity index is 2900. The number of hydrogen-bond acceptors (Lipinski definition) is 20. The van der Waals surface area contributed by atoms with Gasteiger partial charge in [-0.1, -0.05) is 133 Å². The zero-order valence-corrected chi connectivity index (χ0v) is 60.9. The molecule has 0 spiro atoms. The van der Waals surface area contributed by atoms with E-state index in [0.29, 0.717) is 37.7 Å². The molecule has 554 valence electrons. The van der Waals surface area contributed by atoms with E-state index in [1.165, 1.54) is 32.3 Å². The summed E-state index contributed by atoms with van der Waals surface area (Å²) in [5, 5.41) is 43.7. The molecule has 2 amide bonds. The van der Waals surface area contributed by atoms with Crippen molar-refractivity contribution in [3.05, 3.63) is 132 Å². The van der Waals surface area contributed by atoms with Gasteiger partial charge in [0.05, 0.1) is 36.3 Å². The second-order valence-corrected chi connectivity index (χ2v) is 26.2. The summed E-state index contributed by atoms with van der Waals surface area (Å²) in [6.07, 6.45) is 28.8. The number of hydrogen-bond donors (Lipinski definition) is 5. The van der Waals surface area contributed by atoms with Crippen LogP contribution in [0.2, 0.25) is 0 Å². The number of nitrogens with one attached hydrogen (secondary N) is 1. The average molecular weight is 1390 g/mol. The second kappa shape index (κ2) is 48.0. The Kier molecular flexibility index (Phi) is 42.8. The van der Waals surface area contributed by atoms with E-state index in [1.54, 1.807) is 85.5 Å². The van der Waals surface area contributed by atoms with E-state index in [9.17, 15) is 58.8 Å². The molecule has 1 fully saturated rings. The van der Waals surface area contributed by atoms with Gasteiger partial charge in [-0.25, -0.2) is 18.8 Å². The Morgan fingerprint density at radius 3 is 1.34 bits per heavy atom. The number of ether oxygens (including phenoxy) is 8. The van der Waals surface area contributed by atoms with Crippen molar-refractivity contribution in [1.82, 2.24) is 5.32 Å². The predicted octanol–water partition coefficient (Wildman–Crippen LogP) is 10.4. The van der Waals surface area contributed by atoms with Gasteiger partial charge >= 0.3 is 23.9 Å². The number of piperidine rings is 1. The van der Waals surface area contributed by atoms with Crippen molar-refractivity contribution in [2.24, 2.45) is 41.4 Å². The Morgan fingerprint density at radius 1 is 0.535 bits per heavy atom. The highest BCUT2D eigenvalue weighted by molar-refractivity contribution is 5.97. The molecule has 5 heterocycles. The fourth-order valence-electron chi connectivity index (χ4n) is 11.4. The number of amides is 2. The number of allylic oxidation sites excluding steroid dienone is 8. The first-order chi connectivity index (χ1) is 46.9. The standard InChI is InChI=1S/C27H38FNO7.C20H30O5.C16H24O4.C14H22O4/c1-16-11-17(2)27(36-25(34)10-8-6-5-7-9-22(35-4)26(16)28)18(3)21(31)15-20(30)12-19-13-23(32)29-24(33)14-19;1-13-12-14(2)20(15(3)16(4)21)25-18(22)11-9-7-6-8-10-17(24-5)19(13)23;1-12-10-13(2)16(18)14(19-3)8-6-4-5-7-9-15(17)20-11-12;1-10-8-11(2)14(16)12(17-3)6-4-5-7-13(15)18-9-10/h7-11,16,18-20,22,26-27,30H,5-6,12-15H2,1-4H3,(H,29,32,33);8-13,15,17,19-20,23H,6-7H2,1-5H3;6-10,13-14,16,18H,4-5,11H2,1-3H3;4,6,8,11-12,14,16H,5,7,9H2,1-3H3/b9-7+,10-8+,17-11-;10-8+,11-9+,14-12-;8-6+,9-7+,12-10-;6-4+,10-8-/t16-,18-,20+,22-,26+,27+;13-,15-,17-,19+,20+;13-,14-,16+;11-,12-,14+/m0000/s1. The predicted molar refractivity (Wildman–Crippen MR) is 376 cm³/mol. The van der Waals surface area contributed by atoms with Crippen LogP contribution in [0.5, 0.6) is 0 Å². The molecule has 0 aromatic carbocycles. The first-order valence-electron chi connectivity index (χ1n) is 34.3. The number of methoxy groups -OCH3 is 4. The third-order valence-corrected chi connectivity index (χ3v) is 17.4. The van der Waals surface area contributed by atoms with Crippen molar-refractivity contribution in [3.63, 3.8) is 0 Å². The molecule has 5 aliphatic rings. The van der Waals surface area contributed by atoms with Gasteiger partial charge in [-0.3, -0.25) is 29.3 Å². The molecule has 1 saturated heterocycles. The molecule has 5 N–H and O–H groups in total. The number of esters is 4. The fraction of sp³-hybridized carbons (Fsp3) is 0.610. The van der Waals surface area contributed by atoms with E-state index in [1.807, 2.05) is 96.2 Å². The third-order valence-electron chi connectivity index (χ3n) is 17.4. The smallest absolute Gasteiger partial charge is 0.331 e. The van der Waals surface area contributed by atoms with Gasteiger partial charge in [-0.05, 0) is 114 Å². The van der Waals surface area contributed by atoms with Crippen molar-refractivity contribution in [2.45, 2.75) is 220 Å². The zero-order valence-electron chi connectivity index (χ0n) is 60.9. The summed E-state index contributed by atoms with van der Waals surface area (Å²) in [6, 6.07) is 0. The minimum Gasteiger partial charge on any atom is -0.461 e. The Morgan fingerprint density at radius 2 is 0.909 bits per heavy atom. The molecule has 0 aromatic heterocycles. The van der Waals surface area contributed by atoms with Crippen LogP contribution in [0.25, 0.3) is 0 Å². The monoisotopic (exact) mass is 1390 g/mol. The van der Waals surface area contributed by atoms with Crippen LogP contribution in [0.3, 0.4) is 0 Å². The number of cyclic esters (lactones) is 4. The van der Waals surface area contributed by atoms with Crippen LogP contribution in [0.1, 0.15) is 153 Å². The lowest BCUT2D eigenvalue weighted by Crippen LogP contribution is -2.40. The third kappa shape index (κ3) is 34.4. The lowest BCUT2D eigenvalue weighted by molar-refractivity contribution is -0.147. The van der Waals surface area contributed by atoms with Crippen LogP contribution in [-0.4, -0.2) is 177 Å². The van der Waals surface area contributed by atoms with Crippen LogP contribution in [-0.2, 0) is 76.3 Å². The number of Topliss-reactive ketones (excluding diaryl/α,β-unsaturated/α-hetero) is 2. The summed E-state index contributed by atoms with van der Waals surface area (Å²) in [4.78, 5) is 95.3. The highest BCUT2D eigenvalue weighted by Gasteiger charge is 2.35. The van der Waals surface area contributed by atoms with E-state index in [4.69, 9.17) is 37.9 Å². The van der Waals surface area contributed by atoms with Gasteiger partial charge in [0.2, 0.25) is 11.8 Å². The average Bonchev–Trinajstić information content (AvgIpc) is 0.871. The molecule has 5 rings (SSSR count). The van der Waals surface area contributed by atoms with Gasteiger partial charge in [0.25, 0.3) is 0 Å². The van der Waals surface area contributed by atoms with Gasteiger partial charge < -0.3 is 58.3 Å². The molecule has 0 bridgehead atoms. The molecule has 21 nitrogen and oxygen atoms in total. The molecule has 0 aromatic rings. The molecule has 22 heteroatoms. The molecule has 0 aliphatic carbocycles. The van der Waals surface area contributed by atoms with Crippen LogP contribution >= 0.6 is 0 Å². The van der Waals surface area contributed by atoms with E-state index < -0.39 is 96.5 Å². The van der Waals surface area contributed by atoms with Gasteiger partial charge in [-0.15, -0.1) is 0 Å². The first-order valence-corrected chi connectivity index (χ1v) is 34.3. The summed E-state index contributed by atoms with van der Waals surface area (Å²) in [5.74, 6) is -5.33. The van der Waals surface area contributed by atoms with Crippen molar-refractivity contribution in [1.29, 1.82) is 0 Å². The maximum absolute atomic E-state index is 15.1. The molecule has 0 unspecified atom stereocenters. The lowest BCUT2D eigenvalue weighted by atomic mass is 9.85. The molecule has 99 heavy (non-hydrogen) atoms. The Hall–Kier alpha value is -6.89. The van der Waals surface area contributed by atoms with E-state index in [0.717, 1.165) is 36.0 Å². The SMILES string of the molecule is CO[C@H]1/C=C/CC/C=C/C(=O)OC/C(C)=C\[C@H](C)[C@H]1O.CO[C@H]1/C=C/CC/C=C/C(=O)O[C@@H]([C@@H](C)C(=O)C[C@H](O)CC2CC(=O)NC(=O)C2)/C(C)=C\[C@H](C)[C@H]1F.CO[C@H]1/C=C/CC/C=C/C(=O)O[C@@H]([C@@H](C)C(C)=O)/C(C)=C\[C@H](C)[C@H]1O.CO[C@H]1/C=C/CCC(=O)OC/C(C)=C\[C@H](C)[C@H]1O. The maximum Gasteiger partial charge on any atom is 0.331 e. The van der Waals surface area contributed by atoms with E-state index >= 15 is 4.39 Å². The molecule has 5 aliphatic heterocycles. The largest absolute Gasteiger partial charge is 0.461 e. The second-order valence-electron chi connectivity index (χ2n) is 26.2. The number of carbonyl (C=O) groups excluding carboxylic acids is 8. The zero-order chi connectivity index (χ0) is 74.3. The number of ketones is 2. The van der Waals surface area contributed by atoms with Crippen LogP contribution < -0.4 is 5.32 Å². The van der Waals surface area contributed by atoms with Gasteiger partial charge in [0, 0.05) is 96.0 Å². The molecule has 17 atom stereocenters.